The summed E-state index contributed by atoms with van der Waals surface area (Å²) in [5.41, 5.74) is -0.362. The number of carbonyl (C=O) groups is 2. The van der Waals surface area contributed by atoms with Gasteiger partial charge in [0.2, 0.25) is 0 Å². The van der Waals surface area contributed by atoms with E-state index < -0.39 is 39.5 Å². The Morgan fingerprint density at radius 3 is 2.23 bits per heavy atom. The lowest BCUT2D eigenvalue weighted by Crippen LogP contribution is -2.41. The van der Waals surface area contributed by atoms with E-state index in [2.05, 4.69) is 12.2 Å². The average Bonchev–Trinajstić information content (AvgIpc) is 2.84. The number of carbonyl (C=O) groups excluding carboxylic acids is 2. The summed E-state index contributed by atoms with van der Waals surface area (Å²) in [6.07, 6.45) is 3.66. The zero-order valence-corrected chi connectivity index (χ0v) is 24.1. The van der Waals surface area contributed by atoms with Crippen molar-refractivity contribution < 1.29 is 19.2 Å². The Kier molecular flexibility index (Phi) is 9.35. The third-order valence-electron chi connectivity index (χ3n) is 7.39. The summed E-state index contributed by atoms with van der Waals surface area (Å²) in [7, 11) is 0. The largest absolute Gasteiger partial charge is 0.464 e. The Balaban J connectivity index is 2.34. The van der Waals surface area contributed by atoms with E-state index in [0.29, 0.717) is 17.2 Å². The van der Waals surface area contributed by atoms with Crippen LogP contribution in [0.4, 0.5) is 5.69 Å². The van der Waals surface area contributed by atoms with Crippen molar-refractivity contribution in [3.8, 4) is 11.3 Å². The maximum atomic E-state index is 14.1. The summed E-state index contributed by atoms with van der Waals surface area (Å²) >= 11 is 0. The molecule has 0 saturated heterocycles. The first-order chi connectivity index (χ1) is 18.2. The standard InChI is InChI=1S/C30H41N3O6/c1-8-39-29(36)23(17-30(5,6)7)32-25(21-13-9-18(2)10-14-21)20(4)24(26(28(32)35)33(37)38)27(34)31-22-15-11-19(3)12-16-22/h9-10,13-14,19,22-23H,8,11-12,15-17H2,1-7H3,(H,31,34). The van der Waals surface area contributed by atoms with Crippen LogP contribution in [0.2, 0.25) is 0 Å². The van der Waals surface area contributed by atoms with E-state index in [4.69, 9.17) is 4.74 Å². The molecule has 0 spiro atoms. The molecule has 1 amide bonds. The van der Waals surface area contributed by atoms with Gasteiger partial charge in [-0.15, -0.1) is 0 Å². The number of hydrogen-bond acceptors (Lipinski definition) is 6. The quantitative estimate of drug-likeness (QED) is 0.254. The first-order valence-corrected chi connectivity index (χ1v) is 13.7. The lowest BCUT2D eigenvalue weighted by molar-refractivity contribution is -0.386. The fourth-order valence-corrected chi connectivity index (χ4v) is 5.37. The minimum atomic E-state index is -1.12. The molecule has 1 aromatic carbocycles. The SMILES string of the molecule is CCOC(=O)C(CC(C)(C)C)n1c(-c2ccc(C)cc2)c(C)c(C(=O)NC2CCC(C)CC2)c([N+](=O)[O-])c1=O. The highest BCUT2D eigenvalue weighted by atomic mass is 16.6. The van der Waals surface area contributed by atoms with Crippen molar-refractivity contribution in [3.05, 3.63) is 61.4 Å². The van der Waals surface area contributed by atoms with E-state index in [9.17, 15) is 24.5 Å². The van der Waals surface area contributed by atoms with E-state index in [1.54, 1.807) is 26.0 Å². The van der Waals surface area contributed by atoms with Crippen molar-refractivity contribution >= 4 is 17.6 Å². The van der Waals surface area contributed by atoms with Gasteiger partial charge in [-0.1, -0.05) is 57.5 Å². The molecule has 1 aromatic heterocycles. The molecule has 1 aliphatic rings. The van der Waals surface area contributed by atoms with Crippen molar-refractivity contribution in [3.63, 3.8) is 0 Å². The second-order valence-corrected chi connectivity index (χ2v) is 12.0. The van der Waals surface area contributed by atoms with Gasteiger partial charge in [0.25, 0.3) is 5.91 Å². The van der Waals surface area contributed by atoms with Gasteiger partial charge in [-0.05, 0) is 75.3 Å². The second-order valence-electron chi connectivity index (χ2n) is 12.0. The van der Waals surface area contributed by atoms with Crippen LogP contribution in [0.1, 0.15) is 94.2 Å². The third-order valence-corrected chi connectivity index (χ3v) is 7.39. The van der Waals surface area contributed by atoms with Gasteiger partial charge in [-0.3, -0.25) is 24.3 Å². The van der Waals surface area contributed by atoms with Gasteiger partial charge < -0.3 is 10.1 Å². The van der Waals surface area contributed by atoms with Crippen LogP contribution >= 0.6 is 0 Å². The van der Waals surface area contributed by atoms with Crippen LogP contribution in [-0.2, 0) is 9.53 Å². The Labute approximate surface area is 230 Å². The minimum absolute atomic E-state index is 0.0929. The molecule has 212 valence electrons. The molecule has 1 aliphatic carbocycles. The van der Waals surface area contributed by atoms with Crippen LogP contribution in [0, 0.1) is 35.3 Å². The second kappa shape index (κ2) is 12.1. The molecular formula is C30H41N3O6. The molecule has 9 heteroatoms. The van der Waals surface area contributed by atoms with Crippen molar-refractivity contribution in [2.75, 3.05) is 6.61 Å². The highest BCUT2D eigenvalue weighted by Gasteiger charge is 2.38. The fraction of sp³-hybridized carbons (Fsp3) is 0.567. The predicted molar refractivity (Wildman–Crippen MR) is 151 cm³/mol. The van der Waals surface area contributed by atoms with Crippen LogP contribution in [0.25, 0.3) is 11.3 Å². The van der Waals surface area contributed by atoms with Crippen LogP contribution in [0.15, 0.2) is 29.1 Å². The van der Waals surface area contributed by atoms with Crippen molar-refractivity contribution in [1.29, 1.82) is 0 Å². The average molecular weight is 540 g/mol. The highest BCUT2D eigenvalue weighted by Crippen LogP contribution is 2.36. The minimum Gasteiger partial charge on any atom is -0.464 e. The first kappa shape index (κ1) is 30.1. The molecule has 9 nitrogen and oxygen atoms in total. The normalized spacial score (nSPS) is 18.3. The van der Waals surface area contributed by atoms with E-state index in [0.717, 1.165) is 31.2 Å². The summed E-state index contributed by atoms with van der Waals surface area (Å²) < 4.78 is 6.53. The number of nitro groups is 1. The van der Waals surface area contributed by atoms with Crippen molar-refractivity contribution in [2.45, 2.75) is 92.7 Å². The summed E-state index contributed by atoms with van der Waals surface area (Å²) in [5.74, 6) is -0.723. The molecule has 0 radical (unpaired) electrons. The molecule has 3 rings (SSSR count). The molecule has 1 atom stereocenters. The summed E-state index contributed by atoms with van der Waals surface area (Å²) in [4.78, 5) is 52.5. The number of benzene rings is 1. The molecule has 39 heavy (non-hydrogen) atoms. The third kappa shape index (κ3) is 6.94. The molecule has 0 aliphatic heterocycles. The Morgan fingerprint density at radius 1 is 1.13 bits per heavy atom. The highest BCUT2D eigenvalue weighted by molar-refractivity contribution is 6.01. The van der Waals surface area contributed by atoms with Gasteiger partial charge in [0, 0.05) is 6.04 Å². The van der Waals surface area contributed by atoms with Crippen LogP contribution in [0.5, 0.6) is 0 Å². The number of nitrogens with zero attached hydrogens (tertiary/aromatic N) is 2. The lowest BCUT2D eigenvalue weighted by Gasteiger charge is -2.30. The zero-order chi connectivity index (χ0) is 29.1. The van der Waals surface area contributed by atoms with Gasteiger partial charge in [0.15, 0.2) is 0 Å². The van der Waals surface area contributed by atoms with E-state index in [-0.39, 0.29) is 30.2 Å². The number of pyridine rings is 1. The Bertz CT molecular complexity index is 1280. The van der Waals surface area contributed by atoms with Crippen LogP contribution in [0.3, 0.4) is 0 Å². The van der Waals surface area contributed by atoms with Crippen molar-refractivity contribution in [2.24, 2.45) is 11.3 Å². The van der Waals surface area contributed by atoms with Gasteiger partial charge in [0.05, 0.1) is 17.2 Å². The molecule has 1 heterocycles. The number of esters is 1. The summed E-state index contributed by atoms with van der Waals surface area (Å²) in [6, 6.07) is 6.06. The van der Waals surface area contributed by atoms with Gasteiger partial charge in [0.1, 0.15) is 11.6 Å². The number of hydrogen-bond donors (Lipinski definition) is 1. The summed E-state index contributed by atoms with van der Waals surface area (Å²) in [5, 5.41) is 15.3. The first-order valence-electron chi connectivity index (χ1n) is 13.7. The molecule has 1 N–H and O–H groups in total. The molecule has 1 fully saturated rings. The van der Waals surface area contributed by atoms with Gasteiger partial charge in [-0.2, -0.15) is 0 Å². The maximum Gasteiger partial charge on any atom is 0.347 e. The monoisotopic (exact) mass is 539 g/mol. The molecule has 0 bridgehead atoms. The van der Waals surface area contributed by atoms with Crippen molar-refractivity contribution in [1.82, 2.24) is 9.88 Å². The smallest absolute Gasteiger partial charge is 0.347 e. The topological polar surface area (TPSA) is 121 Å². The molecule has 1 saturated carbocycles. The van der Waals surface area contributed by atoms with Gasteiger partial charge >= 0.3 is 17.2 Å². The summed E-state index contributed by atoms with van der Waals surface area (Å²) in [6.45, 7) is 13.2. The van der Waals surface area contributed by atoms with E-state index in [1.807, 2.05) is 39.8 Å². The predicted octanol–water partition coefficient (Wildman–Crippen LogP) is 5.89. The Hall–Kier alpha value is -3.49. The maximum absolute atomic E-state index is 14.1. The lowest BCUT2D eigenvalue weighted by atomic mass is 9.86. The van der Waals surface area contributed by atoms with E-state index in [1.165, 1.54) is 4.57 Å². The van der Waals surface area contributed by atoms with E-state index >= 15 is 0 Å². The van der Waals surface area contributed by atoms with Gasteiger partial charge in [-0.25, -0.2) is 4.79 Å². The number of aromatic nitrogens is 1. The number of amides is 1. The Morgan fingerprint density at radius 2 is 1.72 bits per heavy atom. The van der Waals surface area contributed by atoms with Crippen LogP contribution in [-0.4, -0.2) is 34.0 Å². The zero-order valence-electron chi connectivity index (χ0n) is 24.1. The number of ether oxygens (including phenoxy) is 1. The number of rotatable bonds is 8. The molecule has 1 unspecified atom stereocenters. The number of aryl methyl sites for hydroxylation is 1. The molecule has 2 aromatic rings. The fourth-order valence-electron chi connectivity index (χ4n) is 5.37. The number of nitrogens with one attached hydrogen (secondary N) is 1. The van der Waals surface area contributed by atoms with Crippen LogP contribution < -0.4 is 10.9 Å². The molecular weight excluding hydrogens is 498 g/mol.